The summed E-state index contributed by atoms with van der Waals surface area (Å²) in [5, 5.41) is 12.3. The van der Waals surface area contributed by atoms with E-state index in [0.717, 1.165) is 28.8 Å². The Morgan fingerprint density at radius 1 is 1.08 bits per heavy atom. The number of piperidine rings is 1. The van der Waals surface area contributed by atoms with Gasteiger partial charge in [0.2, 0.25) is 5.95 Å². The van der Waals surface area contributed by atoms with Crippen LogP contribution < -0.4 is 19.9 Å². The van der Waals surface area contributed by atoms with Crippen LogP contribution in [0.1, 0.15) is 32.3 Å². The summed E-state index contributed by atoms with van der Waals surface area (Å²) in [5.41, 5.74) is 4.34. The van der Waals surface area contributed by atoms with E-state index in [2.05, 4.69) is 22.2 Å². The van der Waals surface area contributed by atoms with E-state index in [-0.39, 0.29) is 18.1 Å². The van der Waals surface area contributed by atoms with Crippen molar-refractivity contribution in [3.8, 4) is 16.9 Å². The number of fused-ring (bicyclic) bond motifs is 1. The maximum Gasteiger partial charge on any atom is 0.326 e. The molecule has 2 aliphatic heterocycles. The van der Waals surface area contributed by atoms with Gasteiger partial charge in [0.05, 0.1) is 18.2 Å². The minimum absolute atomic E-state index is 0.165. The Morgan fingerprint density at radius 3 is 2.51 bits per heavy atom. The Bertz CT molecular complexity index is 1290. The number of carboxylic acid groups (broad SMARTS) is 1. The van der Waals surface area contributed by atoms with Gasteiger partial charge in [-0.25, -0.2) is 14.8 Å². The van der Waals surface area contributed by atoms with Crippen LogP contribution in [-0.4, -0.2) is 52.8 Å². The molecule has 1 fully saturated rings. The second-order valence-corrected chi connectivity index (χ2v) is 9.53. The summed E-state index contributed by atoms with van der Waals surface area (Å²) >= 11 is 0. The van der Waals surface area contributed by atoms with Crippen molar-refractivity contribution in [2.45, 2.75) is 39.2 Å². The lowest BCUT2D eigenvalue weighted by Gasteiger charge is -2.34. The summed E-state index contributed by atoms with van der Waals surface area (Å²) in [6.45, 7) is 5.71. The maximum absolute atomic E-state index is 13.2. The van der Waals surface area contributed by atoms with Crippen LogP contribution in [0.25, 0.3) is 11.1 Å². The van der Waals surface area contributed by atoms with Crippen LogP contribution >= 0.6 is 0 Å². The number of amides is 2. The highest BCUT2D eigenvalue weighted by atomic mass is 16.5. The van der Waals surface area contributed by atoms with Crippen molar-refractivity contribution in [1.82, 2.24) is 9.97 Å². The fraction of sp³-hybridized carbons (Fsp3) is 0.357. The molecule has 37 heavy (non-hydrogen) atoms. The molecule has 0 aliphatic carbocycles. The quantitative estimate of drug-likeness (QED) is 0.516. The number of aryl methyl sites for hydroxylation is 1. The Labute approximate surface area is 216 Å². The molecule has 1 saturated heterocycles. The molecule has 1 aromatic heterocycles. The predicted molar refractivity (Wildman–Crippen MR) is 142 cm³/mol. The molecule has 5 rings (SSSR count). The third-order valence-electron chi connectivity index (χ3n) is 7.00. The summed E-state index contributed by atoms with van der Waals surface area (Å²) < 4.78 is 6.10. The molecule has 1 unspecified atom stereocenters. The first-order valence-electron chi connectivity index (χ1n) is 12.7. The number of para-hydroxylation sites is 1. The van der Waals surface area contributed by atoms with E-state index in [1.54, 1.807) is 17.3 Å². The van der Waals surface area contributed by atoms with E-state index in [1.165, 1.54) is 0 Å². The number of carboxylic acids is 1. The van der Waals surface area contributed by atoms with Crippen molar-refractivity contribution in [3.05, 3.63) is 60.4 Å². The molecular weight excluding hydrogens is 470 g/mol. The lowest BCUT2D eigenvalue weighted by molar-refractivity contribution is -0.142. The van der Waals surface area contributed by atoms with Crippen LogP contribution in [0.4, 0.5) is 22.1 Å². The third kappa shape index (κ3) is 5.21. The summed E-state index contributed by atoms with van der Waals surface area (Å²) in [6, 6.07) is 13.4. The highest BCUT2D eigenvalue weighted by molar-refractivity contribution is 6.03. The summed E-state index contributed by atoms with van der Waals surface area (Å²) in [4.78, 5) is 37.3. The largest absolute Gasteiger partial charge is 0.487 e. The van der Waals surface area contributed by atoms with Crippen molar-refractivity contribution in [2.75, 3.05) is 34.8 Å². The van der Waals surface area contributed by atoms with Crippen LogP contribution in [0.15, 0.2) is 54.9 Å². The van der Waals surface area contributed by atoms with Crippen LogP contribution in [-0.2, 0) is 11.2 Å². The first-order valence-corrected chi connectivity index (χ1v) is 12.7. The van der Waals surface area contributed by atoms with Gasteiger partial charge in [0.15, 0.2) is 0 Å². The first kappa shape index (κ1) is 24.5. The van der Waals surface area contributed by atoms with E-state index in [0.29, 0.717) is 49.9 Å². The molecule has 192 valence electrons. The van der Waals surface area contributed by atoms with Crippen molar-refractivity contribution in [1.29, 1.82) is 0 Å². The smallest absolute Gasteiger partial charge is 0.326 e. The first-order chi connectivity index (χ1) is 17.9. The molecule has 9 nitrogen and oxygen atoms in total. The lowest BCUT2D eigenvalue weighted by Crippen LogP contribution is -2.44. The number of aromatic nitrogens is 2. The maximum atomic E-state index is 13.2. The van der Waals surface area contributed by atoms with Gasteiger partial charge in [-0.15, -0.1) is 0 Å². The monoisotopic (exact) mass is 501 g/mol. The molecule has 2 N–H and O–H groups in total. The Hall–Kier alpha value is -4.14. The van der Waals surface area contributed by atoms with E-state index >= 15 is 0 Å². The second-order valence-electron chi connectivity index (χ2n) is 9.53. The third-order valence-corrected chi connectivity index (χ3v) is 7.00. The van der Waals surface area contributed by atoms with E-state index < -0.39 is 5.97 Å². The van der Waals surface area contributed by atoms with Crippen molar-refractivity contribution >= 4 is 29.3 Å². The van der Waals surface area contributed by atoms with Gasteiger partial charge < -0.3 is 20.1 Å². The molecule has 2 aromatic carbocycles. The highest BCUT2D eigenvalue weighted by Gasteiger charge is 2.29. The zero-order valence-electron chi connectivity index (χ0n) is 21.1. The molecule has 2 amide bonds. The molecule has 2 aliphatic rings. The number of nitrogens with zero attached hydrogens (tertiary/aromatic N) is 4. The van der Waals surface area contributed by atoms with E-state index in [1.807, 2.05) is 54.3 Å². The number of rotatable bonds is 5. The Kier molecular flexibility index (Phi) is 6.94. The van der Waals surface area contributed by atoms with Gasteiger partial charge in [-0.3, -0.25) is 9.69 Å². The van der Waals surface area contributed by atoms with Crippen molar-refractivity contribution < 1.29 is 19.4 Å². The number of carbonyl (C=O) groups is 2. The molecule has 0 radical (unpaired) electrons. The molecule has 0 saturated carbocycles. The van der Waals surface area contributed by atoms with E-state index in [9.17, 15) is 14.7 Å². The van der Waals surface area contributed by atoms with E-state index in [4.69, 9.17) is 4.74 Å². The number of aliphatic carboxylic acids is 1. The highest BCUT2D eigenvalue weighted by Crippen LogP contribution is 2.37. The van der Waals surface area contributed by atoms with Crippen molar-refractivity contribution in [3.63, 3.8) is 0 Å². The normalized spacial score (nSPS) is 17.6. The number of anilines is 3. The molecule has 1 atom stereocenters. The van der Waals surface area contributed by atoms with Gasteiger partial charge in [-0.05, 0) is 55.5 Å². The zero-order chi connectivity index (χ0) is 25.9. The summed E-state index contributed by atoms with van der Waals surface area (Å²) in [6.07, 6.45) is 5.39. The fourth-order valence-corrected chi connectivity index (χ4v) is 4.91. The van der Waals surface area contributed by atoms with Gasteiger partial charge in [0.1, 0.15) is 11.9 Å². The van der Waals surface area contributed by atoms with Gasteiger partial charge >= 0.3 is 12.0 Å². The topological polar surface area (TPSA) is 108 Å². The standard InChI is InChI=1S/C28H31N5O4/c1-3-19-6-4-5-7-23(19)31-28(36)33-17-18(2)37-25-14-21(8-9-24(25)33)22-15-29-27(30-16-22)32-12-10-20(11-13-32)26(34)35/h4-9,14-16,18,20H,3,10-13,17H2,1-2H3,(H,31,36)(H,34,35). The van der Waals surface area contributed by atoms with Gasteiger partial charge in [0.25, 0.3) is 0 Å². The van der Waals surface area contributed by atoms with Crippen molar-refractivity contribution in [2.24, 2.45) is 5.92 Å². The van der Waals surface area contributed by atoms with Crippen LogP contribution in [0, 0.1) is 5.92 Å². The van der Waals surface area contributed by atoms with Gasteiger partial charge in [0, 0.05) is 36.7 Å². The molecular formula is C28H31N5O4. The molecule has 3 heterocycles. The molecule has 9 heteroatoms. The Morgan fingerprint density at radius 2 is 1.81 bits per heavy atom. The number of benzene rings is 2. The van der Waals surface area contributed by atoms with Crippen LogP contribution in [0.2, 0.25) is 0 Å². The van der Waals surface area contributed by atoms with Crippen LogP contribution in [0.5, 0.6) is 5.75 Å². The minimum Gasteiger partial charge on any atom is -0.487 e. The lowest BCUT2D eigenvalue weighted by atomic mass is 9.97. The fourth-order valence-electron chi connectivity index (χ4n) is 4.91. The number of hydrogen-bond acceptors (Lipinski definition) is 6. The number of hydrogen-bond donors (Lipinski definition) is 2. The van der Waals surface area contributed by atoms with Gasteiger partial charge in [-0.1, -0.05) is 31.2 Å². The zero-order valence-corrected chi connectivity index (χ0v) is 21.1. The summed E-state index contributed by atoms with van der Waals surface area (Å²) in [5.74, 6) is 0.207. The summed E-state index contributed by atoms with van der Waals surface area (Å²) in [7, 11) is 0. The number of ether oxygens (including phenoxy) is 1. The van der Waals surface area contributed by atoms with Crippen LogP contribution in [0.3, 0.4) is 0 Å². The molecule has 0 bridgehead atoms. The number of urea groups is 1. The number of nitrogens with one attached hydrogen (secondary N) is 1. The second kappa shape index (κ2) is 10.5. The predicted octanol–water partition coefficient (Wildman–Crippen LogP) is 4.83. The SMILES string of the molecule is CCc1ccccc1NC(=O)N1CC(C)Oc2cc(-c3cnc(N4CCC(C(=O)O)CC4)nc3)ccc21. The minimum atomic E-state index is -0.735. The molecule has 3 aromatic rings. The molecule has 0 spiro atoms. The number of carbonyl (C=O) groups excluding carboxylic acids is 1. The average Bonchev–Trinajstić information content (AvgIpc) is 2.92. The Balaban J connectivity index is 1.32. The average molecular weight is 502 g/mol. The van der Waals surface area contributed by atoms with Gasteiger partial charge in [-0.2, -0.15) is 0 Å².